The van der Waals surface area contributed by atoms with Gasteiger partial charge in [-0.05, 0) is 44.0 Å². The van der Waals surface area contributed by atoms with Crippen molar-refractivity contribution in [2.75, 3.05) is 0 Å². The zero-order valence-corrected chi connectivity index (χ0v) is 9.66. The van der Waals surface area contributed by atoms with Crippen LogP contribution in [0.5, 0.6) is 0 Å². The summed E-state index contributed by atoms with van der Waals surface area (Å²) in [4.78, 5) is 18.4. The lowest BCUT2D eigenvalue weighted by atomic mass is 9.97. The molecule has 3 nitrogen and oxygen atoms in total. The van der Waals surface area contributed by atoms with Gasteiger partial charge in [0, 0.05) is 29.2 Å². The molecule has 0 unspecified atom stereocenters. The van der Waals surface area contributed by atoms with Crippen LogP contribution in [-0.2, 0) is 0 Å². The quantitative estimate of drug-likeness (QED) is 0.792. The normalized spacial score (nSPS) is 10.4. The number of nitrogens with zero attached hydrogens (tertiary/aromatic N) is 1. The molecule has 0 aliphatic rings. The Kier molecular flexibility index (Phi) is 2.60. The first kappa shape index (κ1) is 10.6. The molecule has 1 N–H and O–H groups in total. The van der Waals surface area contributed by atoms with Gasteiger partial charge in [-0.25, -0.2) is 0 Å². The summed E-state index contributed by atoms with van der Waals surface area (Å²) >= 11 is 0. The zero-order chi connectivity index (χ0) is 11.7. The first-order valence-electron chi connectivity index (χ1n) is 5.21. The standard InChI is InChI=1S/C13H14N2O/c1-8-9(2)13(16)15-10(3)12(8)11-4-6-14-7-5-11/h4-7H,1-3H3,(H,15,16). The van der Waals surface area contributed by atoms with Gasteiger partial charge in [-0.2, -0.15) is 0 Å². The van der Waals surface area contributed by atoms with E-state index in [9.17, 15) is 4.79 Å². The second-order valence-electron chi connectivity index (χ2n) is 3.94. The van der Waals surface area contributed by atoms with Gasteiger partial charge in [0.25, 0.3) is 5.56 Å². The van der Waals surface area contributed by atoms with Crippen molar-refractivity contribution in [1.29, 1.82) is 0 Å². The maximum atomic E-state index is 11.6. The Balaban J connectivity index is 2.76. The first-order chi connectivity index (χ1) is 7.61. The van der Waals surface area contributed by atoms with Crippen molar-refractivity contribution < 1.29 is 0 Å². The molecule has 0 amide bonds. The van der Waals surface area contributed by atoms with Crippen molar-refractivity contribution >= 4 is 0 Å². The van der Waals surface area contributed by atoms with Gasteiger partial charge in [0.2, 0.25) is 0 Å². The molecule has 3 heteroatoms. The fourth-order valence-corrected chi connectivity index (χ4v) is 1.92. The van der Waals surface area contributed by atoms with Crippen LogP contribution in [0, 0.1) is 20.8 Å². The predicted octanol–water partition coefficient (Wildman–Crippen LogP) is 2.36. The molecule has 0 spiro atoms. The summed E-state index contributed by atoms with van der Waals surface area (Å²) < 4.78 is 0. The number of rotatable bonds is 1. The summed E-state index contributed by atoms with van der Waals surface area (Å²) in [6.45, 7) is 5.75. The summed E-state index contributed by atoms with van der Waals surface area (Å²) in [5.41, 5.74) is 4.89. The van der Waals surface area contributed by atoms with Crippen molar-refractivity contribution in [2.24, 2.45) is 0 Å². The van der Waals surface area contributed by atoms with E-state index in [1.807, 2.05) is 32.9 Å². The zero-order valence-electron chi connectivity index (χ0n) is 9.66. The molecular formula is C13H14N2O. The Morgan fingerprint density at radius 3 is 2.31 bits per heavy atom. The highest BCUT2D eigenvalue weighted by molar-refractivity contribution is 5.69. The first-order valence-corrected chi connectivity index (χ1v) is 5.21. The van der Waals surface area contributed by atoms with E-state index in [4.69, 9.17) is 0 Å². The fraction of sp³-hybridized carbons (Fsp3) is 0.231. The van der Waals surface area contributed by atoms with Gasteiger partial charge >= 0.3 is 0 Å². The van der Waals surface area contributed by atoms with E-state index in [2.05, 4.69) is 9.97 Å². The van der Waals surface area contributed by atoms with Gasteiger partial charge in [-0.15, -0.1) is 0 Å². The van der Waals surface area contributed by atoms with Gasteiger partial charge in [0.1, 0.15) is 0 Å². The minimum atomic E-state index is -0.00666. The average Bonchev–Trinajstić information content (AvgIpc) is 2.28. The number of aryl methyl sites for hydroxylation is 1. The Labute approximate surface area is 94.2 Å². The number of H-pyrrole nitrogens is 1. The van der Waals surface area contributed by atoms with Crippen molar-refractivity contribution in [3.8, 4) is 11.1 Å². The summed E-state index contributed by atoms with van der Waals surface area (Å²) in [6.07, 6.45) is 3.52. The van der Waals surface area contributed by atoms with E-state index in [1.54, 1.807) is 12.4 Å². The van der Waals surface area contributed by atoms with Crippen LogP contribution in [0.1, 0.15) is 16.8 Å². The minimum absolute atomic E-state index is 0.00666. The Morgan fingerprint density at radius 1 is 1.06 bits per heavy atom. The molecule has 2 rings (SSSR count). The van der Waals surface area contributed by atoms with Crippen LogP contribution in [0.15, 0.2) is 29.3 Å². The highest BCUT2D eigenvalue weighted by atomic mass is 16.1. The average molecular weight is 214 g/mol. The molecule has 0 aliphatic carbocycles. The molecule has 2 aromatic rings. The molecular weight excluding hydrogens is 200 g/mol. The van der Waals surface area contributed by atoms with Crippen LogP contribution in [-0.4, -0.2) is 9.97 Å². The number of hydrogen-bond donors (Lipinski definition) is 1. The van der Waals surface area contributed by atoms with Crippen molar-refractivity contribution in [2.45, 2.75) is 20.8 Å². The fourth-order valence-electron chi connectivity index (χ4n) is 1.92. The van der Waals surface area contributed by atoms with Crippen LogP contribution in [0.3, 0.4) is 0 Å². The SMILES string of the molecule is Cc1[nH]c(=O)c(C)c(C)c1-c1ccncc1. The summed E-state index contributed by atoms with van der Waals surface area (Å²) in [5.74, 6) is 0. The molecule has 0 aliphatic heterocycles. The lowest BCUT2D eigenvalue weighted by molar-refractivity contribution is 1.08. The van der Waals surface area contributed by atoms with E-state index in [-0.39, 0.29) is 5.56 Å². The third-order valence-electron chi connectivity index (χ3n) is 2.92. The van der Waals surface area contributed by atoms with Gasteiger partial charge in [0.15, 0.2) is 0 Å². The number of pyridine rings is 2. The number of hydrogen-bond acceptors (Lipinski definition) is 2. The van der Waals surface area contributed by atoms with Crippen molar-refractivity contribution in [1.82, 2.24) is 9.97 Å². The Morgan fingerprint density at radius 2 is 1.69 bits per heavy atom. The molecule has 0 fully saturated rings. The Hall–Kier alpha value is -1.90. The largest absolute Gasteiger partial charge is 0.326 e. The minimum Gasteiger partial charge on any atom is -0.326 e. The van der Waals surface area contributed by atoms with Crippen LogP contribution in [0.25, 0.3) is 11.1 Å². The number of aromatic nitrogens is 2. The molecule has 2 aromatic heterocycles. The van der Waals surface area contributed by atoms with Crippen LogP contribution in [0.2, 0.25) is 0 Å². The second kappa shape index (κ2) is 3.93. The highest BCUT2D eigenvalue weighted by Gasteiger charge is 2.10. The van der Waals surface area contributed by atoms with E-state index in [0.29, 0.717) is 0 Å². The van der Waals surface area contributed by atoms with E-state index in [1.165, 1.54) is 0 Å². The molecule has 0 aromatic carbocycles. The summed E-state index contributed by atoms with van der Waals surface area (Å²) in [7, 11) is 0. The van der Waals surface area contributed by atoms with E-state index < -0.39 is 0 Å². The number of aromatic amines is 1. The summed E-state index contributed by atoms with van der Waals surface area (Å²) in [5, 5.41) is 0. The summed E-state index contributed by atoms with van der Waals surface area (Å²) in [6, 6.07) is 3.90. The van der Waals surface area contributed by atoms with Crippen molar-refractivity contribution in [3.05, 3.63) is 51.7 Å². The van der Waals surface area contributed by atoms with E-state index >= 15 is 0 Å². The topological polar surface area (TPSA) is 45.8 Å². The maximum absolute atomic E-state index is 11.6. The van der Waals surface area contributed by atoms with Gasteiger partial charge in [-0.3, -0.25) is 9.78 Å². The third-order valence-corrected chi connectivity index (χ3v) is 2.92. The molecule has 16 heavy (non-hydrogen) atoms. The van der Waals surface area contributed by atoms with Crippen molar-refractivity contribution in [3.63, 3.8) is 0 Å². The van der Waals surface area contributed by atoms with E-state index in [0.717, 1.165) is 27.9 Å². The Bertz CT molecular complexity index is 570. The maximum Gasteiger partial charge on any atom is 0.251 e. The molecule has 0 saturated heterocycles. The third kappa shape index (κ3) is 1.65. The lowest BCUT2D eigenvalue weighted by Crippen LogP contribution is -2.14. The van der Waals surface area contributed by atoms with Crippen LogP contribution in [0.4, 0.5) is 0 Å². The monoisotopic (exact) mass is 214 g/mol. The smallest absolute Gasteiger partial charge is 0.251 e. The predicted molar refractivity (Wildman–Crippen MR) is 64.5 cm³/mol. The molecule has 0 saturated carbocycles. The molecule has 0 radical (unpaired) electrons. The lowest BCUT2D eigenvalue weighted by Gasteiger charge is -2.11. The highest BCUT2D eigenvalue weighted by Crippen LogP contribution is 2.25. The van der Waals surface area contributed by atoms with Gasteiger partial charge in [-0.1, -0.05) is 0 Å². The van der Waals surface area contributed by atoms with Gasteiger partial charge < -0.3 is 4.98 Å². The second-order valence-corrected chi connectivity index (χ2v) is 3.94. The molecule has 0 bridgehead atoms. The number of nitrogens with one attached hydrogen (secondary N) is 1. The molecule has 2 heterocycles. The molecule has 82 valence electrons. The van der Waals surface area contributed by atoms with Crippen LogP contribution < -0.4 is 5.56 Å². The van der Waals surface area contributed by atoms with Crippen LogP contribution >= 0.6 is 0 Å². The van der Waals surface area contributed by atoms with Gasteiger partial charge in [0.05, 0.1) is 0 Å². The molecule has 0 atom stereocenters.